The number of hydrogen-bond donors (Lipinski definition) is 0. The molecule has 0 atom stereocenters. The molecule has 1 aromatic rings. The number of piperazine rings is 1. The van der Waals surface area contributed by atoms with Gasteiger partial charge in [0.15, 0.2) is 0 Å². The Balaban J connectivity index is 1.90. The highest BCUT2D eigenvalue weighted by molar-refractivity contribution is 7.88. The topological polar surface area (TPSA) is 78.0 Å². The maximum atomic E-state index is 12.4. The quantitative estimate of drug-likeness (QED) is 0.735. The van der Waals surface area contributed by atoms with Gasteiger partial charge in [-0.25, -0.2) is 8.42 Å². The molecule has 1 aromatic carbocycles. The summed E-state index contributed by atoms with van der Waals surface area (Å²) in [4.78, 5) is 27.1. The third-order valence-electron chi connectivity index (χ3n) is 4.32. The van der Waals surface area contributed by atoms with E-state index in [9.17, 15) is 18.0 Å². The molecule has 0 aliphatic carbocycles. The van der Waals surface area contributed by atoms with Crippen LogP contribution in [0.2, 0.25) is 0 Å². The van der Waals surface area contributed by atoms with E-state index in [1.165, 1.54) is 11.2 Å². The molecule has 1 aliphatic rings. The van der Waals surface area contributed by atoms with Crippen molar-refractivity contribution in [2.45, 2.75) is 19.9 Å². The fraction of sp³-hybridized carbons (Fsp3) is 0.529. The van der Waals surface area contributed by atoms with Crippen LogP contribution < -0.4 is 0 Å². The minimum atomic E-state index is -3.40. The van der Waals surface area contributed by atoms with Crippen LogP contribution in [0.4, 0.5) is 0 Å². The number of carbonyl (C=O) groups excluding carboxylic acids is 2. The van der Waals surface area contributed by atoms with E-state index in [4.69, 9.17) is 0 Å². The van der Waals surface area contributed by atoms with E-state index in [0.717, 1.165) is 11.8 Å². The average molecular weight is 367 g/mol. The van der Waals surface area contributed by atoms with Crippen LogP contribution in [0.3, 0.4) is 0 Å². The van der Waals surface area contributed by atoms with Gasteiger partial charge in [-0.1, -0.05) is 30.3 Å². The summed E-state index contributed by atoms with van der Waals surface area (Å²) in [5.41, 5.74) is 0.885. The van der Waals surface area contributed by atoms with Gasteiger partial charge in [-0.05, 0) is 5.56 Å². The van der Waals surface area contributed by atoms with Crippen LogP contribution in [-0.4, -0.2) is 73.3 Å². The number of hydrogen-bond acceptors (Lipinski definition) is 4. The Bertz CT molecular complexity index is 698. The third kappa shape index (κ3) is 5.82. The zero-order chi connectivity index (χ0) is 18.4. The molecule has 0 unspecified atom stereocenters. The van der Waals surface area contributed by atoms with Gasteiger partial charge in [0, 0.05) is 52.6 Å². The molecule has 138 valence electrons. The third-order valence-corrected chi connectivity index (χ3v) is 5.57. The van der Waals surface area contributed by atoms with Crippen molar-refractivity contribution in [3.63, 3.8) is 0 Å². The molecule has 2 amide bonds. The van der Waals surface area contributed by atoms with E-state index in [1.807, 2.05) is 30.3 Å². The number of amides is 2. The molecular weight excluding hydrogens is 342 g/mol. The van der Waals surface area contributed by atoms with E-state index in [0.29, 0.717) is 26.2 Å². The van der Waals surface area contributed by atoms with Gasteiger partial charge in [-0.2, -0.15) is 4.31 Å². The Labute approximate surface area is 149 Å². The molecule has 0 bridgehead atoms. The zero-order valence-electron chi connectivity index (χ0n) is 14.7. The van der Waals surface area contributed by atoms with Crippen molar-refractivity contribution < 1.29 is 18.0 Å². The molecule has 1 fully saturated rings. The van der Waals surface area contributed by atoms with Crippen LogP contribution in [0.5, 0.6) is 0 Å². The summed E-state index contributed by atoms with van der Waals surface area (Å²) >= 11 is 0. The predicted molar refractivity (Wildman–Crippen MR) is 95.1 cm³/mol. The summed E-state index contributed by atoms with van der Waals surface area (Å²) in [5, 5.41) is 0. The monoisotopic (exact) mass is 367 g/mol. The van der Waals surface area contributed by atoms with Gasteiger partial charge < -0.3 is 9.80 Å². The van der Waals surface area contributed by atoms with Crippen LogP contribution in [0, 0.1) is 0 Å². The molecule has 0 aromatic heterocycles. The summed E-state index contributed by atoms with van der Waals surface area (Å²) in [6, 6.07) is 9.31. The Hall–Kier alpha value is -1.93. The van der Waals surface area contributed by atoms with Crippen LogP contribution in [0.1, 0.15) is 18.9 Å². The number of nitrogens with zero attached hydrogens (tertiary/aromatic N) is 3. The largest absolute Gasteiger partial charge is 0.339 e. The fourth-order valence-electron chi connectivity index (χ4n) is 2.80. The fourth-order valence-corrected chi connectivity index (χ4v) is 3.60. The van der Waals surface area contributed by atoms with Crippen molar-refractivity contribution in [3.8, 4) is 0 Å². The highest BCUT2D eigenvalue weighted by Gasteiger charge is 2.24. The van der Waals surface area contributed by atoms with Gasteiger partial charge in [-0.3, -0.25) is 9.59 Å². The summed E-state index contributed by atoms with van der Waals surface area (Å²) in [5.74, 6) is -0.0666. The van der Waals surface area contributed by atoms with E-state index >= 15 is 0 Å². The predicted octanol–water partition coefficient (Wildman–Crippen LogP) is 0.529. The summed E-state index contributed by atoms with van der Waals surface area (Å²) in [6.07, 6.45) is 1.30. The van der Waals surface area contributed by atoms with Crippen molar-refractivity contribution in [2.75, 3.05) is 39.0 Å². The average Bonchev–Trinajstić information content (AvgIpc) is 2.58. The first kappa shape index (κ1) is 19.4. The molecule has 1 saturated heterocycles. The lowest BCUT2D eigenvalue weighted by atomic mass is 10.2. The number of carbonyl (C=O) groups is 2. The molecular formula is C17H25N3O4S. The van der Waals surface area contributed by atoms with E-state index in [-0.39, 0.29) is 31.3 Å². The zero-order valence-corrected chi connectivity index (χ0v) is 15.5. The molecule has 7 nitrogen and oxygen atoms in total. The highest BCUT2D eigenvalue weighted by atomic mass is 32.2. The lowest BCUT2D eigenvalue weighted by Crippen LogP contribution is -2.50. The normalized spacial score (nSPS) is 15.5. The second-order valence-electron chi connectivity index (χ2n) is 6.22. The standard InChI is InChI=1S/C17H25N3O4S/c1-15(21)18-10-12-19(13-11-18)17(22)8-9-20(25(2,23)24)14-16-6-4-3-5-7-16/h3-7H,8-14H2,1-2H3. The molecule has 2 rings (SSSR count). The van der Waals surface area contributed by atoms with E-state index in [1.54, 1.807) is 9.80 Å². The van der Waals surface area contributed by atoms with Gasteiger partial charge >= 0.3 is 0 Å². The maximum Gasteiger partial charge on any atom is 0.224 e. The first-order valence-electron chi connectivity index (χ1n) is 8.29. The molecule has 1 aliphatic heterocycles. The second kappa shape index (κ2) is 8.44. The number of benzene rings is 1. The van der Waals surface area contributed by atoms with Crippen molar-refractivity contribution in [1.29, 1.82) is 0 Å². The Morgan fingerprint density at radius 1 is 1.04 bits per heavy atom. The summed E-state index contributed by atoms with van der Waals surface area (Å²) in [6.45, 7) is 3.98. The maximum absolute atomic E-state index is 12.4. The van der Waals surface area contributed by atoms with Crippen molar-refractivity contribution in [1.82, 2.24) is 14.1 Å². The van der Waals surface area contributed by atoms with Gasteiger partial charge in [0.05, 0.1) is 6.26 Å². The summed E-state index contributed by atoms with van der Waals surface area (Å²) in [7, 11) is -3.40. The lowest BCUT2D eigenvalue weighted by molar-refractivity contribution is -0.138. The Morgan fingerprint density at radius 3 is 2.12 bits per heavy atom. The second-order valence-corrected chi connectivity index (χ2v) is 8.20. The van der Waals surface area contributed by atoms with Gasteiger partial charge in [0.2, 0.25) is 21.8 Å². The lowest BCUT2D eigenvalue weighted by Gasteiger charge is -2.34. The SMILES string of the molecule is CC(=O)N1CCN(C(=O)CCN(Cc2ccccc2)S(C)(=O)=O)CC1. The molecule has 1 heterocycles. The number of rotatable bonds is 6. The van der Waals surface area contributed by atoms with Crippen molar-refractivity contribution >= 4 is 21.8 Å². The van der Waals surface area contributed by atoms with E-state index < -0.39 is 10.0 Å². The molecule has 0 saturated carbocycles. The van der Waals surface area contributed by atoms with E-state index in [2.05, 4.69) is 0 Å². The molecule has 8 heteroatoms. The Kier molecular flexibility index (Phi) is 6.55. The first-order chi connectivity index (χ1) is 11.8. The first-order valence-corrected chi connectivity index (χ1v) is 10.1. The molecule has 0 N–H and O–H groups in total. The van der Waals surface area contributed by atoms with Crippen LogP contribution in [0.25, 0.3) is 0 Å². The van der Waals surface area contributed by atoms with Gasteiger partial charge in [0.25, 0.3) is 0 Å². The minimum Gasteiger partial charge on any atom is -0.339 e. The van der Waals surface area contributed by atoms with Gasteiger partial charge in [0.1, 0.15) is 0 Å². The smallest absolute Gasteiger partial charge is 0.224 e. The Morgan fingerprint density at radius 2 is 1.60 bits per heavy atom. The van der Waals surface area contributed by atoms with Crippen LogP contribution >= 0.6 is 0 Å². The summed E-state index contributed by atoms with van der Waals surface area (Å²) < 4.78 is 25.3. The molecule has 25 heavy (non-hydrogen) atoms. The minimum absolute atomic E-state index is 0.0122. The molecule has 0 radical (unpaired) electrons. The van der Waals surface area contributed by atoms with Crippen molar-refractivity contribution in [2.24, 2.45) is 0 Å². The van der Waals surface area contributed by atoms with Gasteiger partial charge in [-0.15, -0.1) is 0 Å². The molecule has 0 spiro atoms. The number of sulfonamides is 1. The van der Waals surface area contributed by atoms with Crippen molar-refractivity contribution in [3.05, 3.63) is 35.9 Å². The van der Waals surface area contributed by atoms with Crippen LogP contribution in [0.15, 0.2) is 30.3 Å². The highest BCUT2D eigenvalue weighted by Crippen LogP contribution is 2.11. The van der Waals surface area contributed by atoms with Crippen LogP contribution in [-0.2, 0) is 26.2 Å².